The van der Waals surface area contributed by atoms with Gasteiger partial charge in [0.1, 0.15) is 0 Å². The molecular weight excluding hydrogens is 192 g/mol. The minimum absolute atomic E-state index is 0.523. The lowest BCUT2D eigenvalue weighted by Crippen LogP contribution is -1.90. The summed E-state index contributed by atoms with van der Waals surface area (Å²) in [7, 11) is 0. The quantitative estimate of drug-likeness (QED) is 0.720. The third-order valence-electron chi connectivity index (χ3n) is 2.06. The zero-order valence-corrected chi connectivity index (χ0v) is 8.64. The Labute approximate surface area is 87.7 Å². The first-order chi connectivity index (χ1) is 6.77. The predicted molar refractivity (Wildman–Crippen MR) is 59.6 cm³/mol. The SMILES string of the molecule is Cc1cnc(=S)[nH]c1-c1ccccc1. The van der Waals surface area contributed by atoms with Crippen molar-refractivity contribution in [3.05, 3.63) is 46.9 Å². The third kappa shape index (κ3) is 1.72. The lowest BCUT2D eigenvalue weighted by molar-refractivity contribution is 1.11. The van der Waals surface area contributed by atoms with Gasteiger partial charge in [-0.3, -0.25) is 0 Å². The summed E-state index contributed by atoms with van der Waals surface area (Å²) < 4.78 is 0.523. The molecule has 0 atom stereocenters. The molecule has 1 N–H and O–H groups in total. The van der Waals surface area contributed by atoms with Gasteiger partial charge in [-0.2, -0.15) is 0 Å². The fraction of sp³-hybridized carbons (Fsp3) is 0.0909. The number of benzene rings is 1. The third-order valence-corrected chi connectivity index (χ3v) is 2.27. The smallest absolute Gasteiger partial charge is 0.197 e. The molecule has 0 aliphatic rings. The molecule has 0 radical (unpaired) electrons. The second-order valence-electron chi connectivity index (χ2n) is 3.11. The molecule has 0 unspecified atom stereocenters. The van der Waals surface area contributed by atoms with Gasteiger partial charge in [0.15, 0.2) is 4.77 Å². The maximum absolute atomic E-state index is 4.99. The lowest BCUT2D eigenvalue weighted by atomic mass is 10.1. The van der Waals surface area contributed by atoms with Crippen LogP contribution in [-0.2, 0) is 0 Å². The summed E-state index contributed by atoms with van der Waals surface area (Å²) in [5.41, 5.74) is 3.29. The Kier molecular flexibility index (Phi) is 2.41. The number of aromatic amines is 1. The summed E-state index contributed by atoms with van der Waals surface area (Å²) in [6.07, 6.45) is 1.79. The van der Waals surface area contributed by atoms with Gasteiger partial charge in [-0.1, -0.05) is 30.3 Å². The van der Waals surface area contributed by atoms with E-state index < -0.39 is 0 Å². The molecule has 1 aromatic heterocycles. The first-order valence-corrected chi connectivity index (χ1v) is 4.79. The number of H-pyrrole nitrogens is 1. The standard InChI is InChI=1S/C11H10N2S/c1-8-7-12-11(14)13-10(8)9-5-3-2-4-6-9/h2-7H,1H3,(H,12,13,14). The molecule has 1 aromatic carbocycles. The van der Waals surface area contributed by atoms with E-state index in [1.54, 1.807) is 6.20 Å². The summed E-state index contributed by atoms with van der Waals surface area (Å²) in [6, 6.07) is 10.1. The van der Waals surface area contributed by atoms with Crippen LogP contribution in [0.1, 0.15) is 5.56 Å². The van der Waals surface area contributed by atoms with Crippen LogP contribution in [0.2, 0.25) is 0 Å². The molecule has 14 heavy (non-hydrogen) atoms. The van der Waals surface area contributed by atoms with Crippen LogP contribution in [-0.4, -0.2) is 9.97 Å². The molecule has 0 saturated heterocycles. The van der Waals surface area contributed by atoms with Gasteiger partial charge in [-0.25, -0.2) is 4.98 Å². The minimum Gasteiger partial charge on any atom is -0.330 e. The van der Waals surface area contributed by atoms with E-state index in [1.165, 1.54) is 0 Å². The largest absolute Gasteiger partial charge is 0.330 e. The molecule has 2 aromatic rings. The number of hydrogen-bond donors (Lipinski definition) is 1. The summed E-state index contributed by atoms with van der Waals surface area (Å²) in [6.45, 7) is 2.01. The van der Waals surface area contributed by atoms with Gasteiger partial charge in [0.2, 0.25) is 0 Å². The van der Waals surface area contributed by atoms with Gasteiger partial charge in [-0.05, 0) is 30.3 Å². The van der Waals surface area contributed by atoms with E-state index in [0.29, 0.717) is 4.77 Å². The Bertz CT molecular complexity index is 488. The molecule has 0 bridgehead atoms. The Morgan fingerprint density at radius 1 is 1.21 bits per heavy atom. The predicted octanol–water partition coefficient (Wildman–Crippen LogP) is 3.11. The zero-order chi connectivity index (χ0) is 9.97. The van der Waals surface area contributed by atoms with Crippen molar-refractivity contribution in [1.82, 2.24) is 9.97 Å². The summed E-state index contributed by atoms with van der Waals surface area (Å²) >= 11 is 4.99. The van der Waals surface area contributed by atoms with Crippen molar-refractivity contribution in [2.24, 2.45) is 0 Å². The average Bonchev–Trinajstić information content (AvgIpc) is 2.23. The molecule has 2 nitrogen and oxygen atoms in total. The summed E-state index contributed by atoms with van der Waals surface area (Å²) in [5.74, 6) is 0. The van der Waals surface area contributed by atoms with Gasteiger partial charge < -0.3 is 4.98 Å². The molecule has 1 heterocycles. The zero-order valence-electron chi connectivity index (χ0n) is 7.82. The lowest BCUT2D eigenvalue weighted by Gasteiger charge is -2.04. The molecule has 0 spiro atoms. The number of nitrogens with one attached hydrogen (secondary N) is 1. The Morgan fingerprint density at radius 2 is 1.93 bits per heavy atom. The van der Waals surface area contributed by atoms with E-state index in [2.05, 4.69) is 9.97 Å². The first-order valence-electron chi connectivity index (χ1n) is 4.39. The Hall–Kier alpha value is -1.48. The van der Waals surface area contributed by atoms with E-state index in [-0.39, 0.29) is 0 Å². The fourth-order valence-corrected chi connectivity index (χ4v) is 1.52. The van der Waals surface area contributed by atoms with Crippen LogP contribution >= 0.6 is 12.2 Å². The second-order valence-corrected chi connectivity index (χ2v) is 3.50. The van der Waals surface area contributed by atoms with Gasteiger partial charge in [-0.15, -0.1) is 0 Å². The maximum atomic E-state index is 4.99. The van der Waals surface area contributed by atoms with Crippen molar-refractivity contribution >= 4 is 12.2 Å². The highest BCUT2D eigenvalue weighted by Gasteiger charge is 2.00. The number of nitrogens with zero attached hydrogens (tertiary/aromatic N) is 1. The van der Waals surface area contributed by atoms with Crippen molar-refractivity contribution in [3.63, 3.8) is 0 Å². The molecular formula is C11H10N2S. The minimum atomic E-state index is 0.523. The van der Waals surface area contributed by atoms with Crippen LogP contribution in [0.25, 0.3) is 11.3 Å². The monoisotopic (exact) mass is 202 g/mol. The van der Waals surface area contributed by atoms with Crippen LogP contribution in [0.5, 0.6) is 0 Å². The number of hydrogen-bond acceptors (Lipinski definition) is 2. The summed E-state index contributed by atoms with van der Waals surface area (Å²) in [5, 5.41) is 0. The van der Waals surface area contributed by atoms with Crippen molar-refractivity contribution in [1.29, 1.82) is 0 Å². The molecule has 0 fully saturated rings. The highest BCUT2D eigenvalue weighted by molar-refractivity contribution is 7.71. The van der Waals surface area contributed by atoms with Crippen molar-refractivity contribution in [2.75, 3.05) is 0 Å². The second kappa shape index (κ2) is 3.72. The van der Waals surface area contributed by atoms with Crippen molar-refractivity contribution < 1.29 is 0 Å². The average molecular weight is 202 g/mol. The van der Waals surface area contributed by atoms with Crippen LogP contribution < -0.4 is 0 Å². The van der Waals surface area contributed by atoms with Crippen LogP contribution in [0, 0.1) is 11.7 Å². The fourth-order valence-electron chi connectivity index (χ4n) is 1.36. The van der Waals surface area contributed by atoms with Gasteiger partial charge in [0, 0.05) is 6.20 Å². The van der Waals surface area contributed by atoms with Crippen molar-refractivity contribution in [3.8, 4) is 11.3 Å². The number of aryl methyl sites for hydroxylation is 1. The van der Waals surface area contributed by atoms with Gasteiger partial charge in [0.25, 0.3) is 0 Å². The van der Waals surface area contributed by atoms with Crippen LogP contribution in [0.4, 0.5) is 0 Å². The highest BCUT2D eigenvalue weighted by atomic mass is 32.1. The van der Waals surface area contributed by atoms with E-state index in [0.717, 1.165) is 16.8 Å². The molecule has 2 rings (SSSR count). The van der Waals surface area contributed by atoms with E-state index in [4.69, 9.17) is 12.2 Å². The van der Waals surface area contributed by atoms with E-state index >= 15 is 0 Å². The molecule has 0 saturated carbocycles. The molecule has 0 aliphatic carbocycles. The molecule has 0 amide bonds. The molecule has 70 valence electrons. The van der Waals surface area contributed by atoms with E-state index in [9.17, 15) is 0 Å². The first kappa shape index (κ1) is 9.09. The molecule has 3 heteroatoms. The highest BCUT2D eigenvalue weighted by Crippen LogP contribution is 2.18. The van der Waals surface area contributed by atoms with Crippen molar-refractivity contribution in [2.45, 2.75) is 6.92 Å². The van der Waals surface area contributed by atoms with E-state index in [1.807, 2.05) is 37.3 Å². The Morgan fingerprint density at radius 3 is 2.64 bits per heavy atom. The van der Waals surface area contributed by atoms with Crippen LogP contribution in [0.15, 0.2) is 36.5 Å². The van der Waals surface area contributed by atoms with Crippen LogP contribution in [0.3, 0.4) is 0 Å². The Balaban J connectivity index is 2.62. The maximum Gasteiger partial charge on any atom is 0.197 e. The normalized spacial score (nSPS) is 10.1. The summed E-state index contributed by atoms with van der Waals surface area (Å²) in [4.78, 5) is 7.12. The number of rotatable bonds is 1. The van der Waals surface area contributed by atoms with Gasteiger partial charge >= 0.3 is 0 Å². The van der Waals surface area contributed by atoms with Gasteiger partial charge in [0.05, 0.1) is 5.69 Å². The number of aromatic nitrogens is 2. The topological polar surface area (TPSA) is 28.7 Å². The molecule has 0 aliphatic heterocycles.